The Morgan fingerprint density at radius 3 is 2.67 bits per heavy atom. The van der Waals surface area contributed by atoms with Gasteiger partial charge < -0.3 is 15.0 Å². The van der Waals surface area contributed by atoms with E-state index in [0.29, 0.717) is 12.2 Å². The Morgan fingerprint density at radius 1 is 1.38 bits per heavy atom. The van der Waals surface area contributed by atoms with E-state index in [1.54, 1.807) is 13.0 Å². The van der Waals surface area contributed by atoms with Gasteiger partial charge in [-0.3, -0.25) is 14.9 Å². The zero-order valence-corrected chi connectivity index (χ0v) is 14.3. The third-order valence-electron chi connectivity index (χ3n) is 4.18. The molecule has 1 amide bonds. The van der Waals surface area contributed by atoms with E-state index in [1.165, 1.54) is 12.1 Å². The first-order chi connectivity index (χ1) is 11.5. The molecule has 1 aliphatic heterocycles. The molecule has 7 heteroatoms. The number of hydrogen-bond acceptors (Lipinski definition) is 5. The first kappa shape index (κ1) is 18.2. The lowest BCUT2D eigenvalue weighted by Gasteiger charge is -2.32. The number of amides is 1. The van der Waals surface area contributed by atoms with E-state index in [4.69, 9.17) is 4.74 Å². The number of piperidine rings is 1. The number of carbonyl (C=O) groups is 1. The lowest BCUT2D eigenvalue weighted by Crippen LogP contribution is -2.44. The maximum Gasteiger partial charge on any atom is 0.311 e. The topological polar surface area (TPSA) is 84.7 Å². The Kier molecular flexibility index (Phi) is 6.54. The molecular formula is C17H25N3O4. The van der Waals surface area contributed by atoms with Gasteiger partial charge in [0.05, 0.1) is 11.5 Å². The van der Waals surface area contributed by atoms with E-state index in [-0.39, 0.29) is 23.4 Å². The molecule has 0 atom stereocenters. The van der Waals surface area contributed by atoms with Gasteiger partial charge in [0, 0.05) is 30.8 Å². The van der Waals surface area contributed by atoms with Crippen molar-refractivity contribution in [2.45, 2.75) is 39.2 Å². The van der Waals surface area contributed by atoms with Crippen molar-refractivity contribution in [2.24, 2.45) is 0 Å². The van der Waals surface area contributed by atoms with Crippen molar-refractivity contribution >= 4 is 11.6 Å². The average Bonchev–Trinajstić information content (AvgIpc) is 2.57. The summed E-state index contributed by atoms with van der Waals surface area (Å²) in [5, 5.41) is 14.1. The van der Waals surface area contributed by atoms with E-state index in [9.17, 15) is 14.9 Å². The zero-order chi connectivity index (χ0) is 17.5. The predicted octanol–water partition coefficient (Wildman–Crippen LogP) is 2.60. The van der Waals surface area contributed by atoms with E-state index >= 15 is 0 Å². The summed E-state index contributed by atoms with van der Waals surface area (Å²) in [6, 6.07) is 4.46. The van der Waals surface area contributed by atoms with Crippen LogP contribution in [0.15, 0.2) is 18.2 Å². The summed E-state index contributed by atoms with van der Waals surface area (Å²) in [5.74, 6) is -0.0815. The molecule has 1 aliphatic rings. The Labute approximate surface area is 142 Å². The molecule has 1 heterocycles. The second-order valence-corrected chi connectivity index (χ2v) is 5.96. The summed E-state index contributed by atoms with van der Waals surface area (Å²) >= 11 is 0. The minimum absolute atomic E-state index is 0.122. The fraction of sp³-hybridized carbons (Fsp3) is 0.588. The fourth-order valence-corrected chi connectivity index (χ4v) is 2.96. The molecule has 0 unspecified atom stereocenters. The highest BCUT2D eigenvalue weighted by molar-refractivity contribution is 5.95. The Bertz CT molecular complexity index is 583. The molecule has 24 heavy (non-hydrogen) atoms. The SMILES string of the molecule is CCCN1CCC(NC(=O)c2ccc(OCC)c([N+](=O)[O-])c2)CC1. The van der Waals surface area contributed by atoms with Crippen molar-refractivity contribution in [1.29, 1.82) is 0 Å². The summed E-state index contributed by atoms with van der Waals surface area (Å²) in [6.07, 6.45) is 2.95. The van der Waals surface area contributed by atoms with Gasteiger partial charge in [0.25, 0.3) is 5.91 Å². The van der Waals surface area contributed by atoms with Crippen molar-refractivity contribution in [3.63, 3.8) is 0 Å². The van der Waals surface area contributed by atoms with Gasteiger partial charge in [0.1, 0.15) is 0 Å². The molecule has 132 valence electrons. The number of rotatable bonds is 7. The van der Waals surface area contributed by atoms with Gasteiger partial charge in [-0.1, -0.05) is 6.92 Å². The summed E-state index contributed by atoms with van der Waals surface area (Å²) in [5.41, 5.74) is 0.114. The molecule has 1 saturated heterocycles. The number of nitrogens with one attached hydrogen (secondary N) is 1. The molecule has 7 nitrogen and oxygen atoms in total. The number of nitro benzene ring substituents is 1. The van der Waals surface area contributed by atoms with E-state index < -0.39 is 4.92 Å². The third-order valence-corrected chi connectivity index (χ3v) is 4.18. The largest absolute Gasteiger partial charge is 0.487 e. The van der Waals surface area contributed by atoms with E-state index in [0.717, 1.165) is 38.9 Å². The zero-order valence-electron chi connectivity index (χ0n) is 14.3. The predicted molar refractivity (Wildman–Crippen MR) is 91.5 cm³/mol. The highest BCUT2D eigenvalue weighted by Gasteiger charge is 2.23. The van der Waals surface area contributed by atoms with Gasteiger partial charge in [0.2, 0.25) is 0 Å². The van der Waals surface area contributed by atoms with Crippen LogP contribution in [0.5, 0.6) is 5.75 Å². The summed E-state index contributed by atoms with van der Waals surface area (Å²) in [7, 11) is 0. The van der Waals surface area contributed by atoms with Crippen LogP contribution in [-0.4, -0.2) is 48.0 Å². The van der Waals surface area contributed by atoms with Gasteiger partial charge in [-0.25, -0.2) is 0 Å². The van der Waals surface area contributed by atoms with Crippen LogP contribution in [0.25, 0.3) is 0 Å². The van der Waals surface area contributed by atoms with Gasteiger partial charge in [-0.15, -0.1) is 0 Å². The first-order valence-electron chi connectivity index (χ1n) is 8.49. The molecule has 0 aromatic heterocycles. The lowest BCUT2D eigenvalue weighted by molar-refractivity contribution is -0.385. The highest BCUT2D eigenvalue weighted by atomic mass is 16.6. The quantitative estimate of drug-likeness (QED) is 0.611. The van der Waals surface area contributed by atoms with E-state index in [1.807, 2.05) is 0 Å². The molecule has 0 aliphatic carbocycles. The molecule has 0 saturated carbocycles. The molecule has 2 rings (SSSR count). The molecule has 1 fully saturated rings. The fourth-order valence-electron chi connectivity index (χ4n) is 2.96. The Morgan fingerprint density at radius 2 is 2.08 bits per heavy atom. The van der Waals surface area contributed by atoms with Crippen LogP contribution in [0, 0.1) is 10.1 Å². The molecule has 1 N–H and O–H groups in total. The molecule has 0 radical (unpaired) electrons. The Balaban J connectivity index is 2.00. The maximum absolute atomic E-state index is 12.4. The number of likely N-dealkylation sites (tertiary alicyclic amines) is 1. The van der Waals surface area contributed by atoms with Crippen LogP contribution < -0.4 is 10.1 Å². The number of benzene rings is 1. The standard InChI is InChI=1S/C17H25N3O4/c1-3-9-19-10-7-14(8-11-19)18-17(21)13-5-6-16(24-4-2)15(12-13)20(22)23/h5-6,12,14H,3-4,7-11H2,1-2H3,(H,18,21). The van der Waals surface area contributed by atoms with Crippen LogP contribution in [0.4, 0.5) is 5.69 Å². The highest BCUT2D eigenvalue weighted by Crippen LogP contribution is 2.28. The lowest BCUT2D eigenvalue weighted by atomic mass is 10.0. The monoisotopic (exact) mass is 335 g/mol. The van der Waals surface area contributed by atoms with Gasteiger partial charge >= 0.3 is 5.69 Å². The summed E-state index contributed by atoms with van der Waals surface area (Å²) < 4.78 is 5.24. The smallest absolute Gasteiger partial charge is 0.311 e. The second-order valence-electron chi connectivity index (χ2n) is 5.96. The van der Waals surface area contributed by atoms with Crippen LogP contribution >= 0.6 is 0 Å². The summed E-state index contributed by atoms with van der Waals surface area (Å²) in [4.78, 5) is 25.4. The van der Waals surface area contributed by atoms with Crippen LogP contribution in [-0.2, 0) is 0 Å². The average molecular weight is 335 g/mol. The number of nitro groups is 1. The van der Waals surface area contributed by atoms with Crippen molar-refractivity contribution < 1.29 is 14.5 Å². The Hall–Kier alpha value is -2.15. The van der Waals surface area contributed by atoms with Crippen molar-refractivity contribution in [3.8, 4) is 5.75 Å². The van der Waals surface area contributed by atoms with E-state index in [2.05, 4.69) is 17.1 Å². The molecule has 0 bridgehead atoms. The normalized spacial score (nSPS) is 15.9. The van der Waals surface area contributed by atoms with Gasteiger partial charge in [0.15, 0.2) is 5.75 Å². The van der Waals surface area contributed by atoms with Gasteiger partial charge in [-0.05, 0) is 44.9 Å². The van der Waals surface area contributed by atoms with Crippen LogP contribution in [0.1, 0.15) is 43.5 Å². The van der Waals surface area contributed by atoms with Crippen molar-refractivity contribution in [1.82, 2.24) is 10.2 Å². The molecular weight excluding hydrogens is 310 g/mol. The second kappa shape index (κ2) is 8.63. The number of ether oxygens (including phenoxy) is 1. The molecule has 1 aromatic carbocycles. The third kappa shape index (κ3) is 4.67. The van der Waals surface area contributed by atoms with Crippen LogP contribution in [0.2, 0.25) is 0 Å². The summed E-state index contributed by atoms with van der Waals surface area (Å²) in [6.45, 7) is 7.29. The number of hydrogen-bond donors (Lipinski definition) is 1. The van der Waals surface area contributed by atoms with Crippen molar-refractivity contribution in [2.75, 3.05) is 26.2 Å². The minimum Gasteiger partial charge on any atom is -0.487 e. The molecule has 0 spiro atoms. The number of carbonyl (C=O) groups excluding carboxylic acids is 1. The number of nitrogens with zero attached hydrogens (tertiary/aromatic N) is 2. The van der Waals surface area contributed by atoms with Crippen molar-refractivity contribution in [3.05, 3.63) is 33.9 Å². The minimum atomic E-state index is -0.523. The van der Waals surface area contributed by atoms with Gasteiger partial charge in [-0.2, -0.15) is 0 Å². The molecule has 1 aromatic rings. The maximum atomic E-state index is 12.4. The van der Waals surface area contributed by atoms with Crippen LogP contribution in [0.3, 0.4) is 0 Å². The first-order valence-corrected chi connectivity index (χ1v) is 8.49.